The van der Waals surface area contributed by atoms with Gasteiger partial charge in [-0.15, -0.1) is 0 Å². The van der Waals surface area contributed by atoms with Crippen LogP contribution in [0.1, 0.15) is 0 Å². The van der Waals surface area contributed by atoms with Gasteiger partial charge in [0.1, 0.15) is 5.01 Å². The zero-order valence-corrected chi connectivity index (χ0v) is 8.98. The van der Waals surface area contributed by atoms with E-state index >= 15 is 0 Å². The SMILES string of the molecule is Nc1ccc(-c2nc3nccnc3s2)nc1. The van der Waals surface area contributed by atoms with Gasteiger partial charge < -0.3 is 5.73 Å². The normalized spacial score (nSPS) is 10.8. The van der Waals surface area contributed by atoms with Crippen molar-refractivity contribution in [2.24, 2.45) is 0 Å². The largest absolute Gasteiger partial charge is 0.397 e. The molecule has 0 amide bonds. The molecular weight excluding hydrogens is 222 g/mol. The van der Waals surface area contributed by atoms with E-state index in [9.17, 15) is 0 Å². The minimum absolute atomic E-state index is 0.640. The fraction of sp³-hybridized carbons (Fsp3) is 0. The van der Waals surface area contributed by atoms with Crippen molar-refractivity contribution >= 4 is 27.5 Å². The number of fused-ring (bicyclic) bond motifs is 1. The lowest BCUT2D eigenvalue weighted by atomic mass is 10.3. The molecule has 0 aliphatic carbocycles. The summed E-state index contributed by atoms with van der Waals surface area (Å²) in [4.78, 5) is 17.7. The third kappa shape index (κ3) is 1.49. The van der Waals surface area contributed by atoms with Crippen LogP contribution in [-0.2, 0) is 0 Å². The van der Waals surface area contributed by atoms with Crippen LogP contribution < -0.4 is 5.73 Å². The Labute approximate surface area is 95.0 Å². The van der Waals surface area contributed by atoms with Gasteiger partial charge in [-0.1, -0.05) is 11.3 Å². The highest BCUT2D eigenvalue weighted by Crippen LogP contribution is 2.26. The Bertz CT molecular complexity index is 598. The topological polar surface area (TPSA) is 77.6 Å². The number of nitrogens with zero attached hydrogens (tertiary/aromatic N) is 4. The van der Waals surface area contributed by atoms with E-state index in [1.165, 1.54) is 11.3 Å². The Morgan fingerprint density at radius 2 is 1.94 bits per heavy atom. The second-order valence-electron chi connectivity index (χ2n) is 3.18. The van der Waals surface area contributed by atoms with E-state index in [0.29, 0.717) is 11.3 Å². The van der Waals surface area contributed by atoms with Crippen LogP contribution in [0.5, 0.6) is 0 Å². The Kier molecular flexibility index (Phi) is 2.00. The molecule has 5 nitrogen and oxygen atoms in total. The number of anilines is 1. The van der Waals surface area contributed by atoms with Gasteiger partial charge in [0.15, 0.2) is 10.5 Å². The summed E-state index contributed by atoms with van der Waals surface area (Å²) in [5, 5.41) is 0.807. The molecule has 6 heteroatoms. The van der Waals surface area contributed by atoms with E-state index in [1.54, 1.807) is 24.7 Å². The van der Waals surface area contributed by atoms with Crippen LogP contribution in [0, 0.1) is 0 Å². The summed E-state index contributed by atoms with van der Waals surface area (Å²) in [7, 11) is 0. The Balaban J connectivity index is 2.15. The maximum Gasteiger partial charge on any atom is 0.190 e. The summed E-state index contributed by atoms with van der Waals surface area (Å²) < 4.78 is 0. The van der Waals surface area contributed by atoms with Crippen molar-refractivity contribution < 1.29 is 0 Å². The summed E-state index contributed by atoms with van der Waals surface area (Å²) in [6, 6.07) is 3.64. The van der Waals surface area contributed by atoms with Crippen LogP contribution in [0.4, 0.5) is 5.69 Å². The maximum atomic E-state index is 5.58. The van der Waals surface area contributed by atoms with Crippen molar-refractivity contribution in [3.63, 3.8) is 0 Å². The van der Waals surface area contributed by atoms with Crippen LogP contribution >= 0.6 is 11.3 Å². The molecule has 0 radical (unpaired) electrons. The predicted octanol–water partition coefficient (Wildman–Crippen LogP) is 1.73. The van der Waals surface area contributed by atoms with Crippen molar-refractivity contribution in [3.05, 3.63) is 30.7 Å². The second-order valence-corrected chi connectivity index (χ2v) is 4.16. The fourth-order valence-corrected chi connectivity index (χ4v) is 2.16. The molecule has 3 aromatic rings. The lowest BCUT2D eigenvalue weighted by Gasteiger charge is -1.94. The standard InChI is InChI=1S/C10H7N5S/c11-6-1-2-7(14-5-6)9-15-8-10(16-9)13-4-3-12-8/h1-5H,11H2. The molecule has 0 saturated heterocycles. The van der Waals surface area contributed by atoms with Gasteiger partial charge in [0.25, 0.3) is 0 Å². The lowest BCUT2D eigenvalue weighted by molar-refractivity contribution is 1.25. The fourth-order valence-electron chi connectivity index (χ4n) is 1.32. The van der Waals surface area contributed by atoms with Crippen LogP contribution in [-0.4, -0.2) is 19.9 Å². The highest BCUT2D eigenvalue weighted by molar-refractivity contribution is 7.21. The van der Waals surface area contributed by atoms with E-state index < -0.39 is 0 Å². The average Bonchev–Trinajstić information content (AvgIpc) is 2.73. The first kappa shape index (κ1) is 9.17. The first-order valence-corrected chi connectivity index (χ1v) is 5.44. The number of rotatable bonds is 1. The third-order valence-corrected chi connectivity index (χ3v) is 3.03. The molecule has 0 aliphatic rings. The molecular formula is C10H7N5S. The Morgan fingerprint density at radius 1 is 1.06 bits per heavy atom. The molecule has 0 aromatic carbocycles. The molecule has 78 valence electrons. The average molecular weight is 229 g/mol. The summed E-state index contributed by atoms with van der Waals surface area (Å²) in [5.74, 6) is 0. The van der Waals surface area contributed by atoms with Gasteiger partial charge in [0.2, 0.25) is 0 Å². The van der Waals surface area contributed by atoms with Crippen molar-refractivity contribution in [1.29, 1.82) is 0 Å². The maximum absolute atomic E-state index is 5.58. The van der Waals surface area contributed by atoms with Gasteiger partial charge in [-0.05, 0) is 12.1 Å². The zero-order chi connectivity index (χ0) is 11.0. The predicted molar refractivity (Wildman–Crippen MR) is 62.9 cm³/mol. The number of hydrogen-bond donors (Lipinski definition) is 1. The van der Waals surface area contributed by atoms with Crippen LogP contribution in [0.25, 0.3) is 21.2 Å². The summed E-state index contributed by atoms with van der Waals surface area (Å²) in [6.45, 7) is 0. The zero-order valence-electron chi connectivity index (χ0n) is 8.16. The summed E-state index contributed by atoms with van der Waals surface area (Å²) >= 11 is 1.47. The van der Waals surface area contributed by atoms with Gasteiger partial charge in [-0.3, -0.25) is 4.98 Å². The van der Waals surface area contributed by atoms with E-state index in [2.05, 4.69) is 19.9 Å². The quantitative estimate of drug-likeness (QED) is 0.687. The van der Waals surface area contributed by atoms with Crippen molar-refractivity contribution in [3.8, 4) is 10.7 Å². The van der Waals surface area contributed by atoms with Gasteiger partial charge >= 0.3 is 0 Å². The lowest BCUT2D eigenvalue weighted by Crippen LogP contribution is -1.87. The van der Waals surface area contributed by atoms with Crippen molar-refractivity contribution in [2.75, 3.05) is 5.73 Å². The minimum atomic E-state index is 0.640. The molecule has 0 unspecified atom stereocenters. The first-order valence-electron chi connectivity index (χ1n) is 4.62. The van der Waals surface area contributed by atoms with E-state index in [4.69, 9.17) is 5.73 Å². The molecule has 0 saturated carbocycles. The smallest absolute Gasteiger partial charge is 0.190 e. The van der Waals surface area contributed by atoms with Gasteiger partial charge in [-0.25, -0.2) is 15.0 Å². The van der Waals surface area contributed by atoms with E-state index in [-0.39, 0.29) is 0 Å². The second kappa shape index (κ2) is 3.49. The van der Waals surface area contributed by atoms with Gasteiger partial charge in [-0.2, -0.15) is 0 Å². The highest BCUT2D eigenvalue weighted by atomic mass is 32.1. The van der Waals surface area contributed by atoms with Gasteiger partial charge in [0.05, 0.1) is 17.6 Å². The molecule has 2 N–H and O–H groups in total. The monoisotopic (exact) mass is 229 g/mol. The molecule has 0 fully saturated rings. The molecule has 0 spiro atoms. The van der Waals surface area contributed by atoms with E-state index in [1.807, 2.05) is 6.07 Å². The summed E-state index contributed by atoms with van der Waals surface area (Å²) in [6.07, 6.45) is 4.89. The van der Waals surface area contributed by atoms with Crippen molar-refractivity contribution in [1.82, 2.24) is 19.9 Å². The molecule has 0 bridgehead atoms. The minimum Gasteiger partial charge on any atom is -0.397 e. The molecule has 16 heavy (non-hydrogen) atoms. The number of aromatic nitrogens is 4. The number of nitrogen functional groups attached to an aromatic ring is 1. The van der Waals surface area contributed by atoms with Crippen molar-refractivity contribution in [2.45, 2.75) is 0 Å². The number of hydrogen-bond acceptors (Lipinski definition) is 6. The van der Waals surface area contributed by atoms with Gasteiger partial charge in [0, 0.05) is 12.4 Å². The van der Waals surface area contributed by atoms with Crippen LogP contribution in [0.3, 0.4) is 0 Å². The molecule has 0 aliphatic heterocycles. The van der Waals surface area contributed by atoms with E-state index in [0.717, 1.165) is 15.5 Å². The highest BCUT2D eigenvalue weighted by Gasteiger charge is 2.08. The third-order valence-electron chi connectivity index (χ3n) is 2.05. The van der Waals surface area contributed by atoms with Crippen LogP contribution in [0.2, 0.25) is 0 Å². The Morgan fingerprint density at radius 3 is 2.69 bits per heavy atom. The number of pyridine rings is 1. The molecule has 3 rings (SSSR count). The molecule has 0 atom stereocenters. The molecule has 3 aromatic heterocycles. The first-order chi connectivity index (χ1) is 7.83. The molecule has 3 heterocycles. The van der Waals surface area contributed by atoms with Crippen LogP contribution in [0.15, 0.2) is 30.7 Å². The number of nitrogens with two attached hydrogens (primary N) is 1. The Hall–Kier alpha value is -2.08. The number of thiazole rings is 1. The summed E-state index contributed by atoms with van der Waals surface area (Å²) in [5.41, 5.74) is 7.66.